The molecular weight excluding hydrogens is 358 g/mol. The summed E-state index contributed by atoms with van der Waals surface area (Å²) in [6.45, 7) is 7.48. The van der Waals surface area contributed by atoms with Crippen LogP contribution in [-0.4, -0.2) is 42.1 Å². The SMILES string of the molecule is CC(C)c1nn(CC(=O)NC2CC(C(C)(C)O)C2)c(=O)c2cc(C3CC3)nn12. The van der Waals surface area contributed by atoms with Gasteiger partial charge in [-0.2, -0.15) is 10.2 Å². The molecule has 0 radical (unpaired) electrons. The van der Waals surface area contributed by atoms with E-state index >= 15 is 0 Å². The van der Waals surface area contributed by atoms with Crippen LogP contribution in [0.25, 0.3) is 5.52 Å². The highest BCUT2D eigenvalue weighted by molar-refractivity contribution is 5.76. The van der Waals surface area contributed by atoms with E-state index in [1.165, 1.54) is 4.68 Å². The Morgan fingerprint density at radius 2 is 2.00 bits per heavy atom. The molecule has 2 aliphatic carbocycles. The summed E-state index contributed by atoms with van der Waals surface area (Å²) in [4.78, 5) is 25.3. The molecule has 2 saturated carbocycles. The number of nitrogens with one attached hydrogen (secondary N) is 1. The maximum absolute atomic E-state index is 12.9. The average Bonchev–Trinajstić information content (AvgIpc) is 3.30. The molecule has 1 amide bonds. The van der Waals surface area contributed by atoms with Crippen molar-refractivity contribution in [3.8, 4) is 0 Å². The second-order valence-corrected chi connectivity index (χ2v) is 9.20. The van der Waals surface area contributed by atoms with Gasteiger partial charge in [-0.1, -0.05) is 13.8 Å². The number of carbonyl (C=O) groups is 1. The number of fused-ring (bicyclic) bond motifs is 1. The lowest BCUT2D eigenvalue weighted by Gasteiger charge is -2.42. The molecule has 0 aliphatic heterocycles. The highest BCUT2D eigenvalue weighted by Gasteiger charge is 2.39. The van der Waals surface area contributed by atoms with Crippen LogP contribution in [0.4, 0.5) is 0 Å². The average molecular weight is 387 g/mol. The monoisotopic (exact) mass is 387 g/mol. The van der Waals surface area contributed by atoms with Crippen LogP contribution in [0.5, 0.6) is 0 Å². The van der Waals surface area contributed by atoms with Crippen molar-refractivity contribution in [2.45, 2.75) is 83.4 Å². The minimum atomic E-state index is -0.724. The molecule has 2 N–H and O–H groups in total. The molecule has 0 spiro atoms. The fraction of sp³-hybridized carbons (Fsp3) is 0.700. The van der Waals surface area contributed by atoms with Crippen molar-refractivity contribution in [2.24, 2.45) is 5.92 Å². The van der Waals surface area contributed by atoms with Crippen LogP contribution in [0.15, 0.2) is 10.9 Å². The van der Waals surface area contributed by atoms with E-state index in [0.29, 0.717) is 17.3 Å². The van der Waals surface area contributed by atoms with E-state index in [1.807, 2.05) is 19.9 Å². The predicted octanol–water partition coefficient (Wildman–Crippen LogP) is 1.56. The third-order valence-electron chi connectivity index (χ3n) is 5.93. The Bertz CT molecular complexity index is 959. The molecular formula is C20H29N5O3. The van der Waals surface area contributed by atoms with Crippen molar-refractivity contribution in [2.75, 3.05) is 0 Å². The standard InChI is InChI=1S/C20H29N5O3/c1-11(2)18-23-24(10-17(26)21-14-7-13(8-14)20(3,4)28)19(27)16-9-15(12-5-6-12)22-25(16)18/h9,11-14,28H,5-8,10H2,1-4H3,(H,21,26). The van der Waals surface area contributed by atoms with Gasteiger partial charge in [-0.15, -0.1) is 0 Å². The molecule has 2 aliphatic rings. The normalized spacial score (nSPS) is 22.5. The molecule has 152 valence electrons. The Morgan fingerprint density at radius 1 is 1.32 bits per heavy atom. The molecule has 0 aromatic carbocycles. The van der Waals surface area contributed by atoms with Gasteiger partial charge in [-0.3, -0.25) is 9.59 Å². The molecule has 2 aromatic rings. The fourth-order valence-corrected chi connectivity index (χ4v) is 3.84. The van der Waals surface area contributed by atoms with Crippen LogP contribution < -0.4 is 10.9 Å². The Kier molecular flexibility index (Phi) is 4.56. The first-order valence-corrected chi connectivity index (χ1v) is 10.2. The highest BCUT2D eigenvalue weighted by Crippen LogP contribution is 2.39. The van der Waals surface area contributed by atoms with Crippen LogP contribution in [0, 0.1) is 5.92 Å². The molecule has 0 bridgehead atoms. The first kappa shape index (κ1) is 19.1. The third kappa shape index (κ3) is 3.57. The maximum Gasteiger partial charge on any atom is 0.293 e. The molecule has 2 heterocycles. The van der Waals surface area contributed by atoms with Gasteiger partial charge in [-0.05, 0) is 51.5 Å². The van der Waals surface area contributed by atoms with E-state index in [2.05, 4.69) is 15.5 Å². The van der Waals surface area contributed by atoms with Crippen molar-refractivity contribution in [3.63, 3.8) is 0 Å². The van der Waals surface area contributed by atoms with Crippen molar-refractivity contribution in [1.29, 1.82) is 0 Å². The summed E-state index contributed by atoms with van der Waals surface area (Å²) in [6.07, 6.45) is 3.72. The molecule has 2 aromatic heterocycles. The molecule has 0 unspecified atom stereocenters. The van der Waals surface area contributed by atoms with Crippen molar-refractivity contribution < 1.29 is 9.90 Å². The Balaban J connectivity index is 1.53. The number of hydrogen-bond acceptors (Lipinski definition) is 5. The van der Waals surface area contributed by atoms with Gasteiger partial charge >= 0.3 is 0 Å². The summed E-state index contributed by atoms with van der Waals surface area (Å²) in [5.41, 5.74) is 0.411. The number of hydrogen-bond donors (Lipinski definition) is 2. The Morgan fingerprint density at radius 3 is 2.57 bits per heavy atom. The van der Waals surface area contributed by atoms with Gasteiger partial charge in [0.05, 0.1) is 11.3 Å². The second-order valence-electron chi connectivity index (χ2n) is 9.20. The van der Waals surface area contributed by atoms with E-state index in [-0.39, 0.29) is 35.9 Å². The Labute approximate surface area is 163 Å². The molecule has 8 heteroatoms. The van der Waals surface area contributed by atoms with Gasteiger partial charge in [0.1, 0.15) is 12.1 Å². The fourth-order valence-electron chi connectivity index (χ4n) is 3.84. The lowest BCUT2D eigenvalue weighted by molar-refractivity contribution is -0.124. The quantitative estimate of drug-likeness (QED) is 0.783. The van der Waals surface area contributed by atoms with E-state index < -0.39 is 5.60 Å². The van der Waals surface area contributed by atoms with Crippen LogP contribution in [-0.2, 0) is 11.3 Å². The van der Waals surface area contributed by atoms with E-state index in [9.17, 15) is 14.7 Å². The van der Waals surface area contributed by atoms with Gasteiger partial charge in [0, 0.05) is 17.9 Å². The summed E-state index contributed by atoms with van der Waals surface area (Å²) in [7, 11) is 0. The van der Waals surface area contributed by atoms with Crippen LogP contribution in [0.1, 0.15) is 76.7 Å². The maximum atomic E-state index is 12.9. The van der Waals surface area contributed by atoms with Gasteiger partial charge < -0.3 is 10.4 Å². The highest BCUT2D eigenvalue weighted by atomic mass is 16.3. The van der Waals surface area contributed by atoms with Crippen molar-refractivity contribution >= 4 is 11.4 Å². The zero-order valence-electron chi connectivity index (χ0n) is 17.0. The largest absolute Gasteiger partial charge is 0.390 e. The topological polar surface area (TPSA) is 102 Å². The lowest BCUT2D eigenvalue weighted by atomic mass is 9.71. The first-order valence-electron chi connectivity index (χ1n) is 10.2. The van der Waals surface area contributed by atoms with E-state index in [1.54, 1.807) is 18.4 Å². The molecule has 4 rings (SSSR count). The molecule has 28 heavy (non-hydrogen) atoms. The third-order valence-corrected chi connectivity index (χ3v) is 5.93. The van der Waals surface area contributed by atoms with Gasteiger partial charge in [0.2, 0.25) is 5.91 Å². The predicted molar refractivity (Wildman–Crippen MR) is 104 cm³/mol. The first-order chi connectivity index (χ1) is 13.1. The lowest BCUT2D eigenvalue weighted by Crippen LogP contribution is -2.52. The van der Waals surface area contributed by atoms with E-state index in [0.717, 1.165) is 31.4 Å². The van der Waals surface area contributed by atoms with E-state index in [4.69, 9.17) is 0 Å². The van der Waals surface area contributed by atoms with Crippen molar-refractivity contribution in [3.05, 3.63) is 27.9 Å². The van der Waals surface area contributed by atoms with Gasteiger partial charge in [-0.25, -0.2) is 9.20 Å². The minimum Gasteiger partial charge on any atom is -0.390 e. The number of amides is 1. The smallest absolute Gasteiger partial charge is 0.293 e. The summed E-state index contributed by atoms with van der Waals surface area (Å²) >= 11 is 0. The summed E-state index contributed by atoms with van der Waals surface area (Å²) in [6, 6.07) is 1.89. The van der Waals surface area contributed by atoms with Crippen LogP contribution in [0.3, 0.4) is 0 Å². The molecule has 8 nitrogen and oxygen atoms in total. The number of carbonyl (C=O) groups excluding carboxylic acids is 1. The number of rotatable bonds is 6. The summed E-state index contributed by atoms with van der Waals surface area (Å²) < 4.78 is 2.90. The molecule has 0 saturated heterocycles. The molecule has 0 atom stereocenters. The van der Waals surface area contributed by atoms with Crippen molar-refractivity contribution in [1.82, 2.24) is 24.7 Å². The van der Waals surface area contributed by atoms with Gasteiger partial charge in [0.25, 0.3) is 5.56 Å². The van der Waals surface area contributed by atoms with Gasteiger partial charge in [0.15, 0.2) is 5.82 Å². The summed E-state index contributed by atoms with van der Waals surface area (Å²) in [5.74, 6) is 1.16. The second kappa shape index (κ2) is 6.69. The minimum absolute atomic E-state index is 0.0457. The van der Waals surface area contributed by atoms with Crippen LogP contribution >= 0.6 is 0 Å². The zero-order valence-corrected chi connectivity index (χ0v) is 17.0. The number of aromatic nitrogens is 4. The van der Waals surface area contributed by atoms with Crippen LogP contribution in [0.2, 0.25) is 0 Å². The zero-order chi connectivity index (χ0) is 20.2. The number of aliphatic hydroxyl groups is 1. The summed E-state index contributed by atoms with van der Waals surface area (Å²) in [5, 5.41) is 22.0. The Hall–Kier alpha value is -2.22. The molecule has 2 fully saturated rings. The number of nitrogens with zero attached hydrogens (tertiary/aromatic N) is 4.